The van der Waals surface area contributed by atoms with E-state index in [1.165, 1.54) is 18.2 Å². The van der Waals surface area contributed by atoms with Crippen LogP contribution in [0.15, 0.2) is 51.8 Å². The van der Waals surface area contributed by atoms with E-state index in [1.54, 1.807) is 13.0 Å². The van der Waals surface area contributed by atoms with Gasteiger partial charge in [0.2, 0.25) is 0 Å². The molecule has 0 fully saturated rings. The van der Waals surface area contributed by atoms with Gasteiger partial charge in [0.05, 0.1) is 12.2 Å². The molecule has 2 aromatic rings. The van der Waals surface area contributed by atoms with Gasteiger partial charge in [-0.1, -0.05) is 22.0 Å². The van der Waals surface area contributed by atoms with Gasteiger partial charge in [0.25, 0.3) is 10.0 Å². The Morgan fingerprint density at radius 2 is 1.88 bits per heavy atom. The molecule has 2 aromatic carbocycles. The van der Waals surface area contributed by atoms with Crippen molar-refractivity contribution < 1.29 is 26.3 Å². The minimum atomic E-state index is -4.56. The van der Waals surface area contributed by atoms with Crippen molar-refractivity contribution in [2.45, 2.75) is 18.0 Å². The molecule has 0 aromatic heterocycles. The van der Waals surface area contributed by atoms with Gasteiger partial charge < -0.3 is 4.74 Å². The minimum absolute atomic E-state index is 0.111. The van der Waals surface area contributed by atoms with Gasteiger partial charge in [0.15, 0.2) is 0 Å². The van der Waals surface area contributed by atoms with Gasteiger partial charge in [-0.3, -0.25) is 4.72 Å². The Bertz CT molecular complexity index is 838. The molecule has 0 unspecified atom stereocenters. The predicted octanol–water partition coefficient (Wildman–Crippen LogP) is 4.67. The number of alkyl halides is 3. The van der Waals surface area contributed by atoms with Crippen molar-refractivity contribution in [1.29, 1.82) is 0 Å². The van der Waals surface area contributed by atoms with Gasteiger partial charge in [-0.25, -0.2) is 8.42 Å². The number of ether oxygens (including phenoxy) is 1. The molecule has 4 nitrogen and oxygen atoms in total. The van der Waals surface area contributed by atoms with Crippen LogP contribution >= 0.6 is 15.9 Å². The lowest BCUT2D eigenvalue weighted by molar-refractivity contribution is -0.137. The predicted molar refractivity (Wildman–Crippen MR) is 87.6 cm³/mol. The summed E-state index contributed by atoms with van der Waals surface area (Å²) in [5.41, 5.74) is -1.13. The van der Waals surface area contributed by atoms with Gasteiger partial charge in [-0.15, -0.1) is 0 Å². The zero-order valence-corrected chi connectivity index (χ0v) is 14.8. The third kappa shape index (κ3) is 4.41. The molecular weight excluding hydrogens is 411 g/mol. The topological polar surface area (TPSA) is 55.4 Å². The lowest BCUT2D eigenvalue weighted by atomic mass is 10.2. The second-order valence-corrected chi connectivity index (χ2v) is 7.27. The average Bonchev–Trinajstić information content (AvgIpc) is 2.48. The van der Waals surface area contributed by atoms with E-state index in [9.17, 15) is 21.6 Å². The summed E-state index contributed by atoms with van der Waals surface area (Å²) in [6.07, 6.45) is -4.56. The molecule has 0 spiro atoms. The number of rotatable bonds is 5. The molecule has 0 saturated heterocycles. The van der Waals surface area contributed by atoms with Crippen LogP contribution in [0, 0.1) is 0 Å². The summed E-state index contributed by atoms with van der Waals surface area (Å²) in [6, 6.07) is 8.36. The van der Waals surface area contributed by atoms with Crippen molar-refractivity contribution in [1.82, 2.24) is 0 Å². The molecule has 1 N–H and O–H groups in total. The Morgan fingerprint density at radius 3 is 2.50 bits per heavy atom. The Labute approximate surface area is 145 Å². The second kappa shape index (κ2) is 7.02. The minimum Gasteiger partial charge on any atom is -0.492 e. The number of halogens is 4. The summed E-state index contributed by atoms with van der Waals surface area (Å²) in [6.45, 7) is 1.94. The first-order valence-corrected chi connectivity index (χ1v) is 9.03. The van der Waals surface area contributed by atoms with E-state index in [0.717, 1.165) is 18.2 Å². The maximum Gasteiger partial charge on any atom is 0.416 e. The van der Waals surface area contributed by atoms with Gasteiger partial charge in [0.1, 0.15) is 10.6 Å². The molecule has 0 radical (unpaired) electrons. The highest BCUT2D eigenvalue weighted by Crippen LogP contribution is 2.32. The van der Waals surface area contributed by atoms with Crippen molar-refractivity contribution in [2.24, 2.45) is 0 Å². The van der Waals surface area contributed by atoms with Gasteiger partial charge in [0, 0.05) is 10.2 Å². The lowest BCUT2D eigenvalue weighted by Crippen LogP contribution is -2.15. The molecular formula is C15H13BrF3NO3S. The Hall–Kier alpha value is -1.74. The summed E-state index contributed by atoms with van der Waals surface area (Å²) >= 11 is 3.17. The van der Waals surface area contributed by atoms with Crippen LogP contribution in [-0.2, 0) is 16.2 Å². The maximum absolute atomic E-state index is 12.7. The number of hydrogen-bond acceptors (Lipinski definition) is 3. The summed E-state index contributed by atoms with van der Waals surface area (Å²) in [7, 11) is -4.12. The van der Waals surface area contributed by atoms with E-state index >= 15 is 0 Å². The fraction of sp³-hybridized carbons (Fsp3) is 0.200. The molecule has 0 aliphatic heterocycles. The number of nitrogens with one attached hydrogen (secondary N) is 1. The maximum atomic E-state index is 12.7. The molecule has 9 heteroatoms. The van der Waals surface area contributed by atoms with E-state index in [-0.39, 0.29) is 22.9 Å². The van der Waals surface area contributed by atoms with Gasteiger partial charge in [-0.2, -0.15) is 13.2 Å². The van der Waals surface area contributed by atoms with Gasteiger partial charge in [-0.05, 0) is 43.3 Å². The van der Waals surface area contributed by atoms with Crippen LogP contribution in [0.1, 0.15) is 12.5 Å². The monoisotopic (exact) mass is 423 g/mol. The third-order valence-electron chi connectivity index (χ3n) is 2.94. The third-order valence-corrected chi connectivity index (χ3v) is 4.83. The molecule has 0 heterocycles. The number of anilines is 1. The fourth-order valence-electron chi connectivity index (χ4n) is 1.94. The molecule has 130 valence electrons. The van der Waals surface area contributed by atoms with Crippen LogP contribution < -0.4 is 9.46 Å². The SMILES string of the molecule is CCOc1ccc(Br)cc1S(=O)(=O)Nc1cccc(C(F)(F)F)c1. The first-order valence-electron chi connectivity index (χ1n) is 6.76. The first-order chi connectivity index (χ1) is 11.1. The highest BCUT2D eigenvalue weighted by Gasteiger charge is 2.31. The Kier molecular flexibility index (Phi) is 5.44. The van der Waals surface area contributed by atoms with E-state index in [4.69, 9.17) is 4.74 Å². The Balaban J connectivity index is 2.41. The fourth-order valence-corrected chi connectivity index (χ4v) is 3.67. The molecule has 0 aliphatic rings. The number of benzene rings is 2. The van der Waals surface area contributed by atoms with Crippen molar-refractivity contribution in [3.8, 4) is 5.75 Å². The number of hydrogen-bond donors (Lipinski definition) is 1. The van der Waals surface area contributed by atoms with Crippen molar-refractivity contribution >= 4 is 31.6 Å². The van der Waals surface area contributed by atoms with E-state index in [0.29, 0.717) is 4.47 Å². The Morgan fingerprint density at radius 1 is 1.17 bits per heavy atom. The summed E-state index contributed by atoms with van der Waals surface area (Å²) in [5, 5.41) is 0. The van der Waals surface area contributed by atoms with Crippen LogP contribution in [0.2, 0.25) is 0 Å². The van der Waals surface area contributed by atoms with Crippen LogP contribution in [0.4, 0.5) is 18.9 Å². The normalized spacial score (nSPS) is 12.0. The van der Waals surface area contributed by atoms with E-state index in [2.05, 4.69) is 20.7 Å². The number of sulfonamides is 1. The first kappa shape index (κ1) is 18.6. The summed E-state index contributed by atoms with van der Waals surface area (Å²) in [5.74, 6) is 0.111. The highest BCUT2D eigenvalue weighted by atomic mass is 79.9. The standard InChI is InChI=1S/C15H13BrF3NO3S/c1-2-23-13-7-6-11(16)9-14(13)24(21,22)20-12-5-3-4-10(8-12)15(17,18)19/h3-9,20H,2H2,1H3. The zero-order valence-electron chi connectivity index (χ0n) is 12.4. The zero-order chi connectivity index (χ0) is 18.0. The van der Waals surface area contributed by atoms with E-state index < -0.39 is 21.8 Å². The van der Waals surface area contributed by atoms with Crippen LogP contribution in [-0.4, -0.2) is 15.0 Å². The summed E-state index contributed by atoms with van der Waals surface area (Å²) in [4.78, 5) is -0.170. The molecule has 0 saturated carbocycles. The van der Waals surface area contributed by atoms with Crippen molar-refractivity contribution in [3.63, 3.8) is 0 Å². The highest BCUT2D eigenvalue weighted by molar-refractivity contribution is 9.10. The molecule has 0 aliphatic carbocycles. The molecule has 2 rings (SSSR count). The average molecular weight is 424 g/mol. The molecule has 24 heavy (non-hydrogen) atoms. The quantitative estimate of drug-likeness (QED) is 0.760. The van der Waals surface area contributed by atoms with Crippen molar-refractivity contribution in [2.75, 3.05) is 11.3 Å². The van der Waals surface area contributed by atoms with Crippen molar-refractivity contribution in [3.05, 3.63) is 52.5 Å². The largest absolute Gasteiger partial charge is 0.492 e. The molecule has 0 amide bonds. The lowest BCUT2D eigenvalue weighted by Gasteiger charge is -2.14. The molecule has 0 bridgehead atoms. The van der Waals surface area contributed by atoms with Crippen LogP contribution in [0.3, 0.4) is 0 Å². The van der Waals surface area contributed by atoms with Gasteiger partial charge >= 0.3 is 6.18 Å². The van der Waals surface area contributed by atoms with Crippen LogP contribution in [0.25, 0.3) is 0 Å². The molecule has 0 atom stereocenters. The second-order valence-electron chi connectivity index (χ2n) is 4.71. The summed E-state index contributed by atoms with van der Waals surface area (Å²) < 4.78 is 71.2. The van der Waals surface area contributed by atoms with Crippen LogP contribution in [0.5, 0.6) is 5.75 Å². The van der Waals surface area contributed by atoms with E-state index in [1.807, 2.05) is 0 Å². The smallest absolute Gasteiger partial charge is 0.416 e.